The molecule has 2 rings (SSSR count). The van der Waals surface area contributed by atoms with Crippen molar-refractivity contribution in [2.45, 2.75) is 31.7 Å². The van der Waals surface area contributed by atoms with E-state index in [9.17, 15) is 4.79 Å². The summed E-state index contributed by atoms with van der Waals surface area (Å²) in [6, 6.07) is 5.77. The quantitative estimate of drug-likeness (QED) is 0.649. The molecular weight excluding hydrogens is 393 g/mol. The number of hydrogen-bond acceptors (Lipinski definition) is 1. The molecule has 104 valence electrons. The summed E-state index contributed by atoms with van der Waals surface area (Å²) in [5.74, 6) is 0.120. The Bertz CT molecular complexity index is 467. The van der Waals surface area contributed by atoms with Gasteiger partial charge >= 0.3 is 0 Å². The first kappa shape index (κ1) is 15.3. The summed E-state index contributed by atoms with van der Waals surface area (Å²) in [4.78, 5) is 14.5. The molecule has 1 aromatic carbocycles. The van der Waals surface area contributed by atoms with Crippen LogP contribution in [0.4, 0.5) is 0 Å². The molecule has 0 N–H and O–H groups in total. The van der Waals surface area contributed by atoms with Crippen molar-refractivity contribution >= 4 is 49.4 Å². The maximum Gasteiger partial charge on any atom is 0.254 e. The van der Waals surface area contributed by atoms with E-state index in [1.807, 2.05) is 11.0 Å². The molecule has 1 atom stereocenters. The first-order chi connectivity index (χ1) is 9.13. The van der Waals surface area contributed by atoms with Gasteiger partial charge in [0, 0.05) is 28.0 Å². The van der Waals surface area contributed by atoms with Crippen LogP contribution in [-0.4, -0.2) is 28.7 Å². The molecule has 0 aliphatic carbocycles. The van der Waals surface area contributed by atoms with Gasteiger partial charge in [0.25, 0.3) is 5.91 Å². The van der Waals surface area contributed by atoms with E-state index in [1.165, 1.54) is 0 Å². The van der Waals surface area contributed by atoms with Gasteiger partial charge in [-0.1, -0.05) is 27.5 Å². The number of hydrogen-bond donors (Lipinski definition) is 0. The van der Waals surface area contributed by atoms with Crippen molar-refractivity contribution in [1.82, 2.24) is 4.90 Å². The van der Waals surface area contributed by atoms with Crippen molar-refractivity contribution in [1.29, 1.82) is 0 Å². The average Bonchev–Trinajstić information content (AvgIpc) is 2.87. The number of amides is 1. The van der Waals surface area contributed by atoms with Crippen LogP contribution in [0.25, 0.3) is 0 Å². The number of likely N-dealkylation sites (tertiary alicyclic amines) is 1. The van der Waals surface area contributed by atoms with Gasteiger partial charge < -0.3 is 4.90 Å². The zero-order valence-electron chi connectivity index (χ0n) is 10.5. The van der Waals surface area contributed by atoms with E-state index in [0.29, 0.717) is 16.6 Å². The second kappa shape index (κ2) is 7.09. The number of benzene rings is 1. The number of rotatable bonds is 4. The van der Waals surface area contributed by atoms with Crippen LogP contribution >= 0.6 is 43.5 Å². The van der Waals surface area contributed by atoms with Gasteiger partial charge in [0.15, 0.2) is 0 Å². The van der Waals surface area contributed by atoms with Gasteiger partial charge in [-0.15, -0.1) is 0 Å². The lowest BCUT2D eigenvalue weighted by molar-refractivity contribution is 0.0730. The number of carbonyl (C=O) groups excluding carboxylic acids is 1. The number of carbonyl (C=O) groups is 1. The van der Waals surface area contributed by atoms with Crippen LogP contribution in [0, 0.1) is 0 Å². The Morgan fingerprint density at radius 2 is 2.26 bits per heavy atom. The molecule has 0 radical (unpaired) electrons. The third kappa shape index (κ3) is 3.73. The fourth-order valence-electron chi connectivity index (χ4n) is 2.51. The summed E-state index contributed by atoms with van der Waals surface area (Å²) in [7, 11) is 0. The Morgan fingerprint density at radius 1 is 1.47 bits per heavy atom. The molecule has 1 fully saturated rings. The monoisotopic (exact) mass is 407 g/mol. The standard InChI is InChI=1S/C14H16Br2ClNO/c15-7-1-3-11-4-2-8-18(11)14(19)10-5-6-13(17)12(16)9-10/h5-6,9,11H,1-4,7-8H2. The third-order valence-electron chi connectivity index (χ3n) is 3.48. The Kier molecular flexibility index (Phi) is 5.72. The molecule has 1 amide bonds. The second-order valence-electron chi connectivity index (χ2n) is 4.75. The molecule has 0 spiro atoms. The normalized spacial score (nSPS) is 18.9. The topological polar surface area (TPSA) is 20.3 Å². The number of alkyl halides is 1. The molecule has 5 heteroatoms. The second-order valence-corrected chi connectivity index (χ2v) is 6.81. The van der Waals surface area contributed by atoms with Gasteiger partial charge in [0.2, 0.25) is 0 Å². The summed E-state index contributed by atoms with van der Waals surface area (Å²) in [6.45, 7) is 0.867. The van der Waals surface area contributed by atoms with Crippen molar-refractivity contribution in [3.63, 3.8) is 0 Å². The summed E-state index contributed by atoms with van der Waals surface area (Å²) < 4.78 is 0.774. The van der Waals surface area contributed by atoms with E-state index < -0.39 is 0 Å². The van der Waals surface area contributed by atoms with Gasteiger partial charge in [-0.25, -0.2) is 0 Å². The fraction of sp³-hybridized carbons (Fsp3) is 0.500. The van der Waals surface area contributed by atoms with Gasteiger partial charge in [-0.05, 0) is 59.8 Å². The minimum absolute atomic E-state index is 0.120. The van der Waals surface area contributed by atoms with Crippen molar-refractivity contribution in [3.8, 4) is 0 Å². The minimum atomic E-state index is 0.120. The molecule has 2 nitrogen and oxygen atoms in total. The molecule has 0 bridgehead atoms. The third-order valence-corrected chi connectivity index (χ3v) is 5.25. The number of halogens is 3. The maximum absolute atomic E-state index is 12.5. The zero-order valence-corrected chi connectivity index (χ0v) is 14.5. The van der Waals surface area contributed by atoms with Crippen LogP contribution in [0.15, 0.2) is 22.7 Å². The van der Waals surface area contributed by atoms with Crippen molar-refractivity contribution < 1.29 is 4.79 Å². The minimum Gasteiger partial charge on any atom is -0.336 e. The summed E-state index contributed by atoms with van der Waals surface area (Å²) >= 11 is 12.8. The predicted molar refractivity (Wildman–Crippen MR) is 86.2 cm³/mol. The molecule has 1 unspecified atom stereocenters. The molecule has 1 heterocycles. The summed E-state index contributed by atoms with van der Waals surface area (Å²) in [5, 5.41) is 1.63. The smallest absolute Gasteiger partial charge is 0.254 e. The van der Waals surface area contributed by atoms with Gasteiger partial charge in [0.05, 0.1) is 5.02 Å². The molecule has 19 heavy (non-hydrogen) atoms. The van der Waals surface area contributed by atoms with Crippen LogP contribution in [-0.2, 0) is 0 Å². The van der Waals surface area contributed by atoms with E-state index >= 15 is 0 Å². The zero-order chi connectivity index (χ0) is 13.8. The Morgan fingerprint density at radius 3 is 2.95 bits per heavy atom. The molecule has 1 aliphatic rings. The summed E-state index contributed by atoms with van der Waals surface area (Å²) in [5.41, 5.74) is 0.710. The van der Waals surface area contributed by atoms with E-state index in [-0.39, 0.29) is 5.91 Å². The van der Waals surface area contributed by atoms with E-state index in [1.54, 1.807) is 12.1 Å². The van der Waals surface area contributed by atoms with Gasteiger partial charge in [-0.2, -0.15) is 0 Å². The van der Waals surface area contributed by atoms with Crippen molar-refractivity contribution in [2.75, 3.05) is 11.9 Å². The van der Waals surface area contributed by atoms with Crippen LogP contribution in [0.2, 0.25) is 5.02 Å². The average molecular weight is 410 g/mol. The largest absolute Gasteiger partial charge is 0.336 e. The first-order valence-corrected chi connectivity index (χ1v) is 8.74. The van der Waals surface area contributed by atoms with E-state index in [0.717, 1.165) is 42.0 Å². The highest BCUT2D eigenvalue weighted by Crippen LogP contribution is 2.27. The molecule has 1 aromatic rings. The molecule has 0 saturated carbocycles. The van der Waals surface area contributed by atoms with Gasteiger partial charge in [0.1, 0.15) is 0 Å². The van der Waals surface area contributed by atoms with E-state index in [2.05, 4.69) is 31.9 Å². The molecule has 1 saturated heterocycles. The van der Waals surface area contributed by atoms with Gasteiger partial charge in [-0.3, -0.25) is 4.79 Å². The van der Waals surface area contributed by atoms with Crippen molar-refractivity contribution in [3.05, 3.63) is 33.3 Å². The lowest BCUT2D eigenvalue weighted by Gasteiger charge is -2.24. The van der Waals surface area contributed by atoms with Crippen molar-refractivity contribution in [2.24, 2.45) is 0 Å². The highest BCUT2D eigenvalue weighted by Gasteiger charge is 2.28. The Balaban J connectivity index is 2.11. The van der Waals surface area contributed by atoms with Crippen LogP contribution < -0.4 is 0 Å². The summed E-state index contributed by atoms with van der Waals surface area (Å²) in [6.07, 6.45) is 4.41. The highest BCUT2D eigenvalue weighted by atomic mass is 79.9. The Labute approximate surface area is 135 Å². The van der Waals surface area contributed by atoms with E-state index in [4.69, 9.17) is 11.6 Å². The maximum atomic E-state index is 12.5. The first-order valence-electron chi connectivity index (χ1n) is 6.45. The SMILES string of the molecule is O=C(c1ccc(Cl)c(Br)c1)N1CCCC1CCCBr. The highest BCUT2D eigenvalue weighted by molar-refractivity contribution is 9.10. The lowest BCUT2D eigenvalue weighted by Crippen LogP contribution is -2.35. The van der Waals surface area contributed by atoms with Crippen LogP contribution in [0.5, 0.6) is 0 Å². The molecular formula is C14H16Br2ClNO. The predicted octanol–water partition coefficient (Wildman–Crippen LogP) is 4.88. The fourth-order valence-corrected chi connectivity index (χ4v) is 3.33. The lowest BCUT2D eigenvalue weighted by atomic mass is 10.1. The van der Waals surface area contributed by atoms with Crippen LogP contribution in [0.1, 0.15) is 36.0 Å². The molecule has 1 aliphatic heterocycles. The van der Waals surface area contributed by atoms with Crippen LogP contribution in [0.3, 0.4) is 0 Å². The molecule has 0 aromatic heterocycles. The number of nitrogens with zero attached hydrogens (tertiary/aromatic N) is 1. The Hall–Kier alpha value is -0.0600.